The number of piperidine rings is 1. The Morgan fingerprint density at radius 2 is 2.07 bits per heavy atom. The number of thiazole rings is 1. The third-order valence-electron chi connectivity index (χ3n) is 4.90. The summed E-state index contributed by atoms with van der Waals surface area (Å²) in [4.78, 5) is 5.22. The highest BCUT2D eigenvalue weighted by Crippen LogP contribution is 2.37. The zero-order valence-corrected chi connectivity index (χ0v) is 16.9. The largest absolute Gasteiger partial charge is 0.418 e. The van der Waals surface area contributed by atoms with Gasteiger partial charge in [-0.25, -0.2) is 13.4 Å². The summed E-state index contributed by atoms with van der Waals surface area (Å²) >= 11 is 1.42. The van der Waals surface area contributed by atoms with E-state index in [0.717, 1.165) is 23.4 Å². The molecule has 1 fully saturated rings. The Balaban J connectivity index is 1.70. The highest BCUT2D eigenvalue weighted by Gasteiger charge is 2.39. The van der Waals surface area contributed by atoms with E-state index in [4.69, 9.17) is 4.42 Å². The first kappa shape index (κ1) is 18.3. The van der Waals surface area contributed by atoms with Crippen LogP contribution in [0.5, 0.6) is 0 Å². The Hall–Kier alpha value is -2.11. The fourth-order valence-corrected chi connectivity index (χ4v) is 5.83. The first-order valence-electron chi connectivity index (χ1n) is 8.64. The van der Waals surface area contributed by atoms with Crippen molar-refractivity contribution in [1.29, 1.82) is 0 Å². The lowest BCUT2D eigenvalue weighted by atomic mass is 10.1. The van der Waals surface area contributed by atoms with Crippen molar-refractivity contribution in [3.8, 4) is 10.8 Å². The summed E-state index contributed by atoms with van der Waals surface area (Å²) in [5.74, 6) is 0.702. The average Bonchev–Trinajstić information content (AvgIpc) is 3.36. The number of rotatable bonds is 4. The van der Waals surface area contributed by atoms with Crippen molar-refractivity contribution in [1.82, 2.24) is 29.3 Å². The molecule has 3 aromatic rings. The molecule has 0 radical (unpaired) electrons. The summed E-state index contributed by atoms with van der Waals surface area (Å²) in [6.45, 7) is 4.03. The van der Waals surface area contributed by atoms with Crippen LogP contribution in [-0.2, 0) is 17.1 Å². The zero-order valence-electron chi connectivity index (χ0n) is 15.3. The first-order valence-corrected chi connectivity index (χ1v) is 11.0. The van der Waals surface area contributed by atoms with Crippen molar-refractivity contribution in [3.63, 3.8) is 0 Å². The molecular formula is C16H20N6O3S2. The third-order valence-corrected chi connectivity index (χ3v) is 7.82. The normalized spacial score (nSPS) is 18.9. The maximum absolute atomic E-state index is 13.3. The lowest BCUT2D eigenvalue weighted by Gasteiger charge is -2.32. The minimum atomic E-state index is -3.71. The molecule has 0 saturated carbocycles. The smallest absolute Gasteiger partial charge is 0.259 e. The molecule has 0 aliphatic carbocycles. The zero-order chi connectivity index (χ0) is 19.2. The van der Waals surface area contributed by atoms with Crippen LogP contribution in [0.1, 0.15) is 42.6 Å². The summed E-state index contributed by atoms with van der Waals surface area (Å²) < 4.78 is 35.4. The van der Waals surface area contributed by atoms with Gasteiger partial charge < -0.3 is 4.42 Å². The van der Waals surface area contributed by atoms with Gasteiger partial charge in [0.15, 0.2) is 0 Å². The fourth-order valence-electron chi connectivity index (χ4n) is 3.27. The highest BCUT2D eigenvalue weighted by atomic mass is 32.2. The number of sulfonamides is 1. The van der Waals surface area contributed by atoms with Crippen molar-refractivity contribution in [2.45, 2.75) is 44.0 Å². The van der Waals surface area contributed by atoms with Crippen LogP contribution >= 0.6 is 11.3 Å². The minimum absolute atomic E-state index is 0.218. The van der Waals surface area contributed by atoms with E-state index in [1.807, 2.05) is 6.92 Å². The molecule has 0 amide bonds. The second-order valence-electron chi connectivity index (χ2n) is 6.56. The average molecular weight is 409 g/mol. The van der Waals surface area contributed by atoms with Crippen LogP contribution in [0.2, 0.25) is 0 Å². The van der Waals surface area contributed by atoms with E-state index in [2.05, 4.69) is 20.3 Å². The molecule has 144 valence electrons. The van der Waals surface area contributed by atoms with Gasteiger partial charge >= 0.3 is 0 Å². The molecule has 1 saturated heterocycles. The molecule has 4 rings (SSSR count). The van der Waals surface area contributed by atoms with Gasteiger partial charge in [0.2, 0.25) is 15.9 Å². The number of aromatic nitrogens is 5. The molecule has 0 aromatic carbocycles. The van der Waals surface area contributed by atoms with Gasteiger partial charge in [-0.1, -0.05) is 6.42 Å². The predicted molar refractivity (Wildman–Crippen MR) is 98.6 cm³/mol. The van der Waals surface area contributed by atoms with Crippen LogP contribution in [-0.4, -0.2) is 44.2 Å². The molecule has 1 atom stereocenters. The van der Waals surface area contributed by atoms with Crippen LogP contribution in [0.3, 0.4) is 0 Å². The molecule has 9 nitrogen and oxygen atoms in total. The molecule has 0 unspecified atom stereocenters. The van der Waals surface area contributed by atoms with Gasteiger partial charge in [0.1, 0.15) is 15.8 Å². The maximum atomic E-state index is 13.3. The Morgan fingerprint density at radius 1 is 1.26 bits per heavy atom. The molecule has 11 heteroatoms. The van der Waals surface area contributed by atoms with Crippen molar-refractivity contribution in [3.05, 3.63) is 29.0 Å². The predicted octanol–water partition coefficient (Wildman–Crippen LogP) is 2.46. The first-order chi connectivity index (χ1) is 12.9. The summed E-state index contributed by atoms with van der Waals surface area (Å²) in [6, 6.07) is -0.474. The van der Waals surface area contributed by atoms with Gasteiger partial charge in [0, 0.05) is 13.6 Å². The quantitative estimate of drug-likeness (QED) is 0.652. The van der Waals surface area contributed by atoms with Crippen molar-refractivity contribution < 1.29 is 12.8 Å². The molecule has 1 aliphatic rings. The van der Waals surface area contributed by atoms with Crippen molar-refractivity contribution in [2.75, 3.05) is 6.54 Å². The van der Waals surface area contributed by atoms with Gasteiger partial charge in [-0.3, -0.25) is 4.68 Å². The summed E-state index contributed by atoms with van der Waals surface area (Å²) in [5.41, 5.74) is 3.14. The standard InChI is InChI=1S/C16H20N6O3S2/c1-10-14(26-9-17-10)16-20-19-15(25-16)12-6-4-5-7-22(12)27(23,24)13-8-18-21(3)11(13)2/h8-9,12H,4-7H2,1-3H3/t12-/m1/s1. The second kappa shape index (κ2) is 6.80. The lowest BCUT2D eigenvalue weighted by molar-refractivity contribution is 0.220. The second-order valence-corrected chi connectivity index (χ2v) is 9.27. The van der Waals surface area contributed by atoms with E-state index in [1.165, 1.54) is 21.8 Å². The molecule has 0 spiro atoms. The van der Waals surface area contributed by atoms with E-state index in [-0.39, 0.29) is 4.90 Å². The molecule has 27 heavy (non-hydrogen) atoms. The fraction of sp³-hybridized carbons (Fsp3) is 0.500. The van der Waals surface area contributed by atoms with Crippen LogP contribution in [0.25, 0.3) is 10.8 Å². The molecule has 4 heterocycles. The summed E-state index contributed by atoms with van der Waals surface area (Å²) in [6.07, 6.45) is 3.74. The van der Waals surface area contributed by atoms with E-state index in [9.17, 15) is 8.42 Å². The SMILES string of the molecule is Cc1ncsc1-c1nnc([C@H]2CCCCN2S(=O)(=O)c2cnn(C)c2C)o1. The van der Waals surface area contributed by atoms with Crippen LogP contribution in [0.4, 0.5) is 0 Å². The number of aryl methyl sites for hydroxylation is 2. The Labute approximate surface area is 161 Å². The van der Waals surface area contributed by atoms with E-state index >= 15 is 0 Å². The molecule has 3 aromatic heterocycles. The summed E-state index contributed by atoms with van der Waals surface area (Å²) in [7, 11) is -1.98. The summed E-state index contributed by atoms with van der Waals surface area (Å²) in [5, 5.41) is 12.4. The highest BCUT2D eigenvalue weighted by molar-refractivity contribution is 7.89. The van der Waals surface area contributed by atoms with Gasteiger partial charge in [-0.05, 0) is 26.7 Å². The van der Waals surface area contributed by atoms with Crippen molar-refractivity contribution >= 4 is 21.4 Å². The van der Waals surface area contributed by atoms with Crippen molar-refractivity contribution in [2.24, 2.45) is 7.05 Å². The molecule has 0 N–H and O–H groups in total. The van der Waals surface area contributed by atoms with Crippen LogP contribution < -0.4 is 0 Å². The Morgan fingerprint density at radius 3 is 2.74 bits per heavy atom. The maximum Gasteiger partial charge on any atom is 0.259 e. The number of nitrogens with zero attached hydrogens (tertiary/aromatic N) is 6. The van der Waals surface area contributed by atoms with Gasteiger partial charge in [0.25, 0.3) is 5.89 Å². The molecule has 0 bridgehead atoms. The molecule has 1 aliphatic heterocycles. The Bertz CT molecular complexity index is 1070. The van der Waals surface area contributed by atoms with Gasteiger partial charge in [0.05, 0.1) is 23.1 Å². The topological polar surface area (TPSA) is 107 Å². The molecular weight excluding hydrogens is 388 g/mol. The van der Waals surface area contributed by atoms with Crippen LogP contribution in [0, 0.1) is 13.8 Å². The van der Waals surface area contributed by atoms with E-state index in [0.29, 0.717) is 30.4 Å². The minimum Gasteiger partial charge on any atom is -0.418 e. The third kappa shape index (κ3) is 3.09. The van der Waals surface area contributed by atoms with Gasteiger partial charge in [-0.2, -0.15) is 9.40 Å². The van der Waals surface area contributed by atoms with Crippen LogP contribution in [0.15, 0.2) is 21.0 Å². The van der Waals surface area contributed by atoms with Gasteiger partial charge in [-0.15, -0.1) is 21.5 Å². The number of hydrogen-bond acceptors (Lipinski definition) is 8. The monoisotopic (exact) mass is 408 g/mol. The van der Waals surface area contributed by atoms with E-state index in [1.54, 1.807) is 24.2 Å². The Kier molecular flexibility index (Phi) is 4.60. The lowest BCUT2D eigenvalue weighted by Crippen LogP contribution is -2.38. The van der Waals surface area contributed by atoms with E-state index < -0.39 is 16.1 Å². The number of hydrogen-bond donors (Lipinski definition) is 0.